The maximum atomic E-state index is 12.7. The van der Waals surface area contributed by atoms with Gasteiger partial charge in [-0.15, -0.1) is 0 Å². The highest BCUT2D eigenvalue weighted by Gasteiger charge is 2.38. The second-order valence-corrected chi connectivity index (χ2v) is 7.05. The molecule has 1 aromatic carbocycles. The van der Waals surface area contributed by atoms with E-state index in [0.29, 0.717) is 18.5 Å². The van der Waals surface area contributed by atoms with Crippen LogP contribution in [0.4, 0.5) is 13.2 Å². The number of carbonyl (C=O) groups is 3. The number of nitrogens with one attached hydrogen (secondary N) is 1. The molecule has 2 N–H and O–H groups in total. The van der Waals surface area contributed by atoms with E-state index >= 15 is 0 Å². The standard InChI is InChI=1S/C19H29N3O2.C2HF3O2/c1-2-3-7-13-22(19(24)17-8-5-4-6-9-17)14-10-18(23)21-15-11-20-12-16-21;3-2(4,5)1(6)7/h4-6,8-9,20H,2-3,7,10-16H2,1H3;(H,6,7). The number of amides is 2. The summed E-state index contributed by atoms with van der Waals surface area (Å²) in [5.41, 5.74) is 0.698. The van der Waals surface area contributed by atoms with Gasteiger partial charge in [0.1, 0.15) is 0 Å². The van der Waals surface area contributed by atoms with Crippen LogP contribution in [-0.4, -0.2) is 78.1 Å². The number of unbranched alkanes of at least 4 members (excludes halogenated alkanes) is 2. The van der Waals surface area contributed by atoms with E-state index in [-0.39, 0.29) is 11.8 Å². The first-order valence-electron chi connectivity index (χ1n) is 10.3. The van der Waals surface area contributed by atoms with Gasteiger partial charge in [0.15, 0.2) is 0 Å². The number of alkyl halides is 3. The molecule has 0 aromatic heterocycles. The van der Waals surface area contributed by atoms with Gasteiger partial charge in [-0.3, -0.25) is 9.59 Å². The van der Waals surface area contributed by atoms with Crippen molar-refractivity contribution in [1.29, 1.82) is 0 Å². The highest BCUT2D eigenvalue weighted by atomic mass is 19.4. The molecule has 0 aliphatic carbocycles. The Balaban J connectivity index is 0.000000592. The monoisotopic (exact) mass is 445 g/mol. The quantitative estimate of drug-likeness (QED) is 0.601. The first-order valence-corrected chi connectivity index (χ1v) is 10.3. The fourth-order valence-corrected chi connectivity index (χ4v) is 2.93. The number of benzene rings is 1. The smallest absolute Gasteiger partial charge is 0.475 e. The average molecular weight is 445 g/mol. The van der Waals surface area contributed by atoms with Gasteiger partial charge in [-0.2, -0.15) is 13.2 Å². The third-order valence-electron chi connectivity index (χ3n) is 4.65. The van der Waals surface area contributed by atoms with Crippen LogP contribution in [0.5, 0.6) is 0 Å². The van der Waals surface area contributed by atoms with E-state index < -0.39 is 12.1 Å². The Kier molecular flexibility index (Phi) is 11.6. The van der Waals surface area contributed by atoms with Gasteiger partial charge in [0.05, 0.1) is 0 Å². The molecular weight excluding hydrogens is 415 g/mol. The average Bonchev–Trinajstić information content (AvgIpc) is 2.76. The molecule has 0 atom stereocenters. The van der Waals surface area contributed by atoms with Gasteiger partial charge in [0.25, 0.3) is 5.91 Å². The first kappa shape index (κ1) is 26.4. The molecule has 174 valence electrons. The maximum absolute atomic E-state index is 12.7. The molecule has 0 unspecified atom stereocenters. The summed E-state index contributed by atoms with van der Waals surface area (Å²) in [7, 11) is 0. The van der Waals surface area contributed by atoms with E-state index in [2.05, 4.69) is 12.2 Å². The predicted molar refractivity (Wildman–Crippen MR) is 110 cm³/mol. The minimum absolute atomic E-state index is 0.0276. The molecule has 2 amide bonds. The summed E-state index contributed by atoms with van der Waals surface area (Å²) >= 11 is 0. The van der Waals surface area contributed by atoms with Crippen molar-refractivity contribution in [2.45, 2.75) is 38.8 Å². The molecule has 1 aliphatic rings. The maximum Gasteiger partial charge on any atom is 0.490 e. The minimum Gasteiger partial charge on any atom is -0.475 e. The Morgan fingerprint density at radius 2 is 1.65 bits per heavy atom. The molecule has 2 rings (SSSR count). The van der Waals surface area contributed by atoms with Crippen LogP contribution in [0.1, 0.15) is 43.0 Å². The van der Waals surface area contributed by atoms with E-state index in [1.165, 1.54) is 0 Å². The van der Waals surface area contributed by atoms with E-state index in [1.54, 1.807) is 0 Å². The molecule has 10 heteroatoms. The molecule has 7 nitrogen and oxygen atoms in total. The highest BCUT2D eigenvalue weighted by molar-refractivity contribution is 5.94. The summed E-state index contributed by atoms with van der Waals surface area (Å²) in [6.45, 7) is 6.61. The molecule has 1 heterocycles. The second-order valence-electron chi connectivity index (χ2n) is 7.05. The number of carbonyl (C=O) groups excluding carboxylic acids is 2. The molecule has 0 spiro atoms. The van der Waals surface area contributed by atoms with Crippen molar-refractivity contribution in [3.8, 4) is 0 Å². The SMILES string of the molecule is CCCCCN(CCC(=O)N1CCNCC1)C(=O)c1ccccc1.O=C(O)C(F)(F)F. The van der Waals surface area contributed by atoms with E-state index in [9.17, 15) is 22.8 Å². The lowest BCUT2D eigenvalue weighted by molar-refractivity contribution is -0.192. The summed E-state index contributed by atoms with van der Waals surface area (Å²) < 4.78 is 31.7. The van der Waals surface area contributed by atoms with Crippen molar-refractivity contribution in [1.82, 2.24) is 15.1 Å². The number of rotatable bonds is 8. The number of aliphatic carboxylic acids is 1. The summed E-state index contributed by atoms with van der Waals surface area (Å²) in [6.07, 6.45) is -1.47. The number of nitrogens with zero attached hydrogens (tertiary/aromatic N) is 2. The Bertz CT molecular complexity index is 693. The fraction of sp³-hybridized carbons (Fsp3) is 0.571. The zero-order valence-corrected chi connectivity index (χ0v) is 17.7. The van der Waals surface area contributed by atoms with Gasteiger partial charge < -0.3 is 20.2 Å². The molecule has 1 fully saturated rings. The predicted octanol–water partition coefficient (Wildman–Crippen LogP) is 2.77. The van der Waals surface area contributed by atoms with E-state index in [0.717, 1.165) is 52.0 Å². The number of hydrogen-bond donors (Lipinski definition) is 2. The van der Waals surface area contributed by atoms with Crippen LogP contribution < -0.4 is 5.32 Å². The van der Waals surface area contributed by atoms with Crippen LogP contribution in [0.25, 0.3) is 0 Å². The van der Waals surface area contributed by atoms with Crippen LogP contribution in [0.3, 0.4) is 0 Å². The third-order valence-corrected chi connectivity index (χ3v) is 4.65. The summed E-state index contributed by atoms with van der Waals surface area (Å²) in [6, 6.07) is 9.35. The van der Waals surface area contributed by atoms with Crippen molar-refractivity contribution in [2.75, 3.05) is 39.3 Å². The van der Waals surface area contributed by atoms with Crippen molar-refractivity contribution in [3.63, 3.8) is 0 Å². The van der Waals surface area contributed by atoms with E-state index in [4.69, 9.17) is 9.90 Å². The van der Waals surface area contributed by atoms with Crippen molar-refractivity contribution in [2.24, 2.45) is 0 Å². The molecular formula is C21H30F3N3O4. The number of halogens is 3. The summed E-state index contributed by atoms with van der Waals surface area (Å²) in [5, 5.41) is 10.4. The Hall–Kier alpha value is -2.62. The fourth-order valence-electron chi connectivity index (χ4n) is 2.93. The highest BCUT2D eigenvalue weighted by Crippen LogP contribution is 2.13. The lowest BCUT2D eigenvalue weighted by Crippen LogP contribution is -2.47. The van der Waals surface area contributed by atoms with Gasteiger partial charge in [0, 0.05) is 51.3 Å². The van der Waals surface area contributed by atoms with Gasteiger partial charge in [-0.1, -0.05) is 38.0 Å². The Labute approximate surface area is 180 Å². The van der Waals surface area contributed by atoms with Gasteiger partial charge >= 0.3 is 12.1 Å². The van der Waals surface area contributed by atoms with Crippen LogP contribution in [0.2, 0.25) is 0 Å². The van der Waals surface area contributed by atoms with Crippen molar-refractivity contribution < 1.29 is 32.7 Å². The number of hydrogen-bond acceptors (Lipinski definition) is 4. The molecule has 31 heavy (non-hydrogen) atoms. The lowest BCUT2D eigenvalue weighted by atomic mass is 10.1. The van der Waals surface area contributed by atoms with Gasteiger partial charge in [-0.05, 0) is 18.6 Å². The minimum atomic E-state index is -5.08. The van der Waals surface area contributed by atoms with Crippen LogP contribution in [0, 0.1) is 0 Å². The van der Waals surface area contributed by atoms with Crippen LogP contribution >= 0.6 is 0 Å². The summed E-state index contributed by atoms with van der Waals surface area (Å²) in [4.78, 5) is 37.7. The molecule has 0 bridgehead atoms. The molecule has 0 saturated carbocycles. The summed E-state index contributed by atoms with van der Waals surface area (Å²) in [5.74, 6) is -2.58. The number of piperazine rings is 1. The number of carboxylic acid groups (broad SMARTS) is 1. The van der Waals surface area contributed by atoms with E-state index in [1.807, 2.05) is 40.1 Å². The van der Waals surface area contributed by atoms with Gasteiger partial charge in [-0.25, -0.2) is 4.79 Å². The van der Waals surface area contributed by atoms with Crippen LogP contribution in [0.15, 0.2) is 30.3 Å². The first-order chi connectivity index (χ1) is 14.7. The van der Waals surface area contributed by atoms with Gasteiger partial charge in [0.2, 0.25) is 5.91 Å². The molecule has 1 aliphatic heterocycles. The topological polar surface area (TPSA) is 90.0 Å². The zero-order chi connectivity index (χ0) is 23.3. The Morgan fingerprint density at radius 3 is 2.16 bits per heavy atom. The third kappa shape index (κ3) is 10.3. The molecule has 1 saturated heterocycles. The lowest BCUT2D eigenvalue weighted by Gasteiger charge is -2.29. The van der Waals surface area contributed by atoms with Crippen LogP contribution in [-0.2, 0) is 9.59 Å². The second kappa shape index (κ2) is 13.6. The number of carboxylic acids is 1. The van der Waals surface area contributed by atoms with Crippen molar-refractivity contribution >= 4 is 17.8 Å². The Morgan fingerprint density at radius 1 is 1.06 bits per heavy atom. The molecule has 1 aromatic rings. The zero-order valence-electron chi connectivity index (χ0n) is 17.7. The largest absolute Gasteiger partial charge is 0.490 e. The van der Waals surface area contributed by atoms with Crippen molar-refractivity contribution in [3.05, 3.63) is 35.9 Å². The normalized spacial score (nSPS) is 13.7. The molecule has 0 radical (unpaired) electrons.